The molecule has 0 radical (unpaired) electrons. The summed E-state index contributed by atoms with van der Waals surface area (Å²) in [6.45, 7) is 1.79. The average Bonchev–Trinajstić information content (AvgIpc) is 2.09. The number of ether oxygens (including phenoxy) is 1. The molecule has 2 atom stereocenters. The summed E-state index contributed by atoms with van der Waals surface area (Å²) in [5.74, 6) is -0.278. The Balaban J connectivity index is 2.37. The fourth-order valence-corrected chi connectivity index (χ4v) is 1.84. The molecule has 2 nitrogen and oxygen atoms in total. The van der Waals surface area contributed by atoms with Crippen molar-refractivity contribution in [2.24, 2.45) is 0 Å². The number of halogens is 1. The first kappa shape index (κ1) is 10.6. The number of esters is 1. The Morgan fingerprint density at radius 2 is 2.15 bits per heavy atom. The van der Waals surface area contributed by atoms with Gasteiger partial charge in [0, 0.05) is 6.08 Å². The minimum absolute atomic E-state index is 0.00274. The smallest absolute Gasteiger partial charge is 0.330 e. The molecule has 74 valence electrons. The molecule has 1 aliphatic rings. The SMILES string of the molecule is C/C=C/C(=O)O[C@H]1CCCC[C@@H]1Cl. The number of alkyl halides is 1. The van der Waals surface area contributed by atoms with Crippen molar-refractivity contribution in [2.75, 3.05) is 0 Å². The van der Waals surface area contributed by atoms with Crippen molar-refractivity contribution in [1.82, 2.24) is 0 Å². The average molecular weight is 203 g/mol. The van der Waals surface area contributed by atoms with Gasteiger partial charge in [-0.05, 0) is 26.2 Å². The second kappa shape index (κ2) is 5.28. The Kier molecular flexibility index (Phi) is 4.29. The molecule has 0 aromatic carbocycles. The molecular weight excluding hydrogens is 188 g/mol. The van der Waals surface area contributed by atoms with Crippen LogP contribution in [0.1, 0.15) is 32.6 Å². The molecule has 3 heteroatoms. The van der Waals surface area contributed by atoms with Crippen molar-refractivity contribution in [3.05, 3.63) is 12.2 Å². The summed E-state index contributed by atoms with van der Waals surface area (Å²) in [5, 5.41) is 0.00274. The molecule has 1 fully saturated rings. The van der Waals surface area contributed by atoms with E-state index in [0.29, 0.717) is 0 Å². The van der Waals surface area contributed by atoms with E-state index in [0.717, 1.165) is 25.7 Å². The topological polar surface area (TPSA) is 26.3 Å². The predicted molar refractivity (Wildman–Crippen MR) is 52.8 cm³/mol. The van der Waals surface area contributed by atoms with Crippen molar-refractivity contribution >= 4 is 17.6 Å². The van der Waals surface area contributed by atoms with Crippen molar-refractivity contribution < 1.29 is 9.53 Å². The van der Waals surface area contributed by atoms with Crippen LogP contribution < -0.4 is 0 Å². The molecule has 0 saturated heterocycles. The lowest BCUT2D eigenvalue weighted by atomic mass is 9.97. The van der Waals surface area contributed by atoms with E-state index in [9.17, 15) is 4.79 Å². The first-order valence-electron chi connectivity index (χ1n) is 4.71. The van der Waals surface area contributed by atoms with Crippen molar-refractivity contribution in [2.45, 2.75) is 44.1 Å². The lowest BCUT2D eigenvalue weighted by molar-refractivity contribution is -0.144. The largest absolute Gasteiger partial charge is 0.458 e. The maximum atomic E-state index is 11.1. The molecule has 1 saturated carbocycles. The molecule has 1 rings (SSSR count). The van der Waals surface area contributed by atoms with E-state index >= 15 is 0 Å². The summed E-state index contributed by atoms with van der Waals surface area (Å²) >= 11 is 6.03. The van der Waals surface area contributed by atoms with Gasteiger partial charge in [0.15, 0.2) is 0 Å². The molecule has 0 heterocycles. The fourth-order valence-electron chi connectivity index (χ4n) is 1.51. The second-order valence-electron chi connectivity index (χ2n) is 3.28. The van der Waals surface area contributed by atoms with Crippen LogP contribution in [0.15, 0.2) is 12.2 Å². The summed E-state index contributed by atoms with van der Waals surface area (Å²) < 4.78 is 5.19. The molecule has 0 bridgehead atoms. The second-order valence-corrected chi connectivity index (χ2v) is 3.84. The first-order chi connectivity index (χ1) is 6.24. The van der Waals surface area contributed by atoms with Crippen LogP contribution in [0.3, 0.4) is 0 Å². The zero-order valence-corrected chi connectivity index (χ0v) is 8.59. The van der Waals surface area contributed by atoms with Gasteiger partial charge in [-0.1, -0.05) is 12.5 Å². The Hall–Kier alpha value is -0.500. The molecule has 0 aromatic rings. The number of hydrogen-bond acceptors (Lipinski definition) is 2. The van der Waals surface area contributed by atoms with E-state index in [1.165, 1.54) is 6.08 Å². The molecule has 0 aromatic heterocycles. The lowest BCUT2D eigenvalue weighted by Crippen LogP contribution is -2.30. The minimum Gasteiger partial charge on any atom is -0.458 e. The van der Waals surface area contributed by atoms with Crippen LogP contribution in [0.5, 0.6) is 0 Å². The van der Waals surface area contributed by atoms with E-state index in [1.54, 1.807) is 13.0 Å². The molecule has 0 amide bonds. The highest BCUT2D eigenvalue weighted by Gasteiger charge is 2.25. The van der Waals surface area contributed by atoms with Gasteiger partial charge in [0.2, 0.25) is 0 Å². The molecular formula is C10H15ClO2. The van der Waals surface area contributed by atoms with Crippen LogP contribution in [0, 0.1) is 0 Å². The number of rotatable bonds is 2. The van der Waals surface area contributed by atoms with Gasteiger partial charge in [-0.15, -0.1) is 11.6 Å². The highest BCUT2D eigenvalue weighted by molar-refractivity contribution is 6.21. The number of allylic oxidation sites excluding steroid dienone is 1. The molecule has 0 spiro atoms. The first-order valence-corrected chi connectivity index (χ1v) is 5.15. The zero-order valence-electron chi connectivity index (χ0n) is 7.83. The van der Waals surface area contributed by atoms with E-state index in [1.807, 2.05) is 0 Å². The van der Waals surface area contributed by atoms with Gasteiger partial charge in [-0.2, -0.15) is 0 Å². The Bertz CT molecular complexity index is 201. The number of hydrogen-bond donors (Lipinski definition) is 0. The van der Waals surface area contributed by atoms with Crippen LogP contribution in [-0.4, -0.2) is 17.5 Å². The van der Waals surface area contributed by atoms with E-state index in [4.69, 9.17) is 16.3 Å². The highest BCUT2D eigenvalue weighted by atomic mass is 35.5. The fraction of sp³-hybridized carbons (Fsp3) is 0.700. The van der Waals surface area contributed by atoms with E-state index in [-0.39, 0.29) is 17.5 Å². The Morgan fingerprint density at radius 3 is 2.77 bits per heavy atom. The van der Waals surface area contributed by atoms with Crippen LogP contribution in [0.4, 0.5) is 0 Å². The summed E-state index contributed by atoms with van der Waals surface area (Å²) in [6, 6.07) is 0. The monoisotopic (exact) mass is 202 g/mol. The van der Waals surface area contributed by atoms with Crippen LogP contribution in [-0.2, 0) is 9.53 Å². The third-order valence-electron chi connectivity index (χ3n) is 2.19. The molecule has 0 aliphatic heterocycles. The van der Waals surface area contributed by atoms with Crippen molar-refractivity contribution in [1.29, 1.82) is 0 Å². The Labute approximate surface area is 83.9 Å². The third kappa shape index (κ3) is 3.39. The van der Waals surface area contributed by atoms with E-state index in [2.05, 4.69) is 0 Å². The van der Waals surface area contributed by atoms with Gasteiger partial charge >= 0.3 is 5.97 Å². The quantitative estimate of drug-likeness (QED) is 0.391. The Morgan fingerprint density at radius 1 is 1.46 bits per heavy atom. The highest BCUT2D eigenvalue weighted by Crippen LogP contribution is 2.25. The number of carbonyl (C=O) groups excluding carboxylic acids is 1. The predicted octanol–water partition coefficient (Wildman–Crippen LogP) is 2.66. The van der Waals surface area contributed by atoms with Crippen LogP contribution in [0.2, 0.25) is 0 Å². The molecule has 0 N–H and O–H groups in total. The minimum atomic E-state index is -0.278. The summed E-state index contributed by atoms with van der Waals surface area (Å²) in [4.78, 5) is 11.1. The van der Waals surface area contributed by atoms with E-state index < -0.39 is 0 Å². The van der Waals surface area contributed by atoms with Crippen molar-refractivity contribution in [3.8, 4) is 0 Å². The van der Waals surface area contributed by atoms with Crippen LogP contribution in [0.25, 0.3) is 0 Å². The summed E-state index contributed by atoms with van der Waals surface area (Å²) in [5.41, 5.74) is 0. The standard InChI is InChI=1S/C10H15ClO2/c1-2-5-10(12)13-9-7-4-3-6-8(9)11/h2,5,8-9H,3-4,6-7H2,1H3/b5-2+/t8-,9-/m0/s1. The van der Waals surface area contributed by atoms with Gasteiger partial charge < -0.3 is 4.74 Å². The number of carbonyl (C=O) groups is 1. The molecule has 1 aliphatic carbocycles. The maximum absolute atomic E-state index is 11.1. The van der Waals surface area contributed by atoms with Crippen LogP contribution >= 0.6 is 11.6 Å². The maximum Gasteiger partial charge on any atom is 0.330 e. The normalized spacial score (nSPS) is 29.1. The zero-order chi connectivity index (χ0) is 9.68. The van der Waals surface area contributed by atoms with Gasteiger partial charge in [0.05, 0.1) is 5.38 Å². The summed E-state index contributed by atoms with van der Waals surface area (Å²) in [7, 11) is 0. The lowest BCUT2D eigenvalue weighted by Gasteiger charge is -2.26. The van der Waals surface area contributed by atoms with Crippen molar-refractivity contribution in [3.63, 3.8) is 0 Å². The molecule has 0 unspecified atom stereocenters. The summed E-state index contributed by atoms with van der Waals surface area (Å²) in [6.07, 6.45) is 7.13. The van der Waals surface area contributed by atoms with Gasteiger partial charge in [0.25, 0.3) is 0 Å². The third-order valence-corrected chi connectivity index (χ3v) is 2.69. The van der Waals surface area contributed by atoms with Gasteiger partial charge in [-0.25, -0.2) is 4.79 Å². The van der Waals surface area contributed by atoms with Gasteiger partial charge in [0.1, 0.15) is 6.10 Å². The van der Waals surface area contributed by atoms with Gasteiger partial charge in [-0.3, -0.25) is 0 Å². The molecule has 13 heavy (non-hydrogen) atoms.